The lowest BCUT2D eigenvalue weighted by atomic mass is 10.0. The van der Waals surface area contributed by atoms with Crippen molar-refractivity contribution in [3.05, 3.63) is 72.1 Å². The van der Waals surface area contributed by atoms with Gasteiger partial charge in [-0.25, -0.2) is 0 Å². The highest BCUT2D eigenvalue weighted by molar-refractivity contribution is 5.84. The molecule has 0 aliphatic carbocycles. The normalized spacial score (nSPS) is 12.3. The predicted molar refractivity (Wildman–Crippen MR) is 78.8 cm³/mol. The van der Waals surface area contributed by atoms with Crippen molar-refractivity contribution in [3.8, 4) is 5.75 Å². The van der Waals surface area contributed by atoms with Crippen molar-refractivity contribution in [1.29, 1.82) is 0 Å². The second kappa shape index (κ2) is 5.31. The predicted octanol–water partition coefficient (Wildman–Crippen LogP) is 3.33. The molecule has 1 aromatic heterocycles. The smallest absolute Gasteiger partial charge is 0.122 e. The molecule has 3 aromatic rings. The standard InChI is InChI=1S/C17H15NO2/c1-20-14-8-6-13(7-9-14)17(19)16-15-5-3-2-4-12(15)10-11-18-16/h2-11,17,19H,1H3/t17-/m0/s1. The van der Waals surface area contributed by atoms with Crippen LogP contribution >= 0.6 is 0 Å². The minimum absolute atomic E-state index is 0.674. The van der Waals surface area contributed by atoms with Crippen LogP contribution in [-0.4, -0.2) is 17.2 Å². The van der Waals surface area contributed by atoms with Crippen LogP contribution in [0.5, 0.6) is 5.75 Å². The molecule has 1 atom stereocenters. The van der Waals surface area contributed by atoms with Crippen LogP contribution in [0.1, 0.15) is 17.4 Å². The van der Waals surface area contributed by atoms with E-state index in [1.165, 1.54) is 0 Å². The molecule has 100 valence electrons. The summed E-state index contributed by atoms with van der Waals surface area (Å²) in [6.45, 7) is 0. The summed E-state index contributed by atoms with van der Waals surface area (Å²) >= 11 is 0. The number of fused-ring (bicyclic) bond motifs is 1. The first kappa shape index (κ1) is 12.6. The van der Waals surface area contributed by atoms with Gasteiger partial charge in [0.05, 0.1) is 12.8 Å². The number of aliphatic hydroxyl groups is 1. The monoisotopic (exact) mass is 265 g/mol. The van der Waals surface area contributed by atoms with Crippen molar-refractivity contribution >= 4 is 10.8 Å². The topological polar surface area (TPSA) is 42.4 Å². The molecule has 3 rings (SSSR count). The SMILES string of the molecule is COc1ccc([C@H](O)c2nccc3ccccc23)cc1. The van der Waals surface area contributed by atoms with Crippen molar-refractivity contribution < 1.29 is 9.84 Å². The first-order valence-corrected chi connectivity index (χ1v) is 6.45. The third kappa shape index (κ3) is 2.24. The number of ether oxygens (including phenoxy) is 1. The van der Waals surface area contributed by atoms with Crippen LogP contribution < -0.4 is 4.74 Å². The highest BCUT2D eigenvalue weighted by atomic mass is 16.5. The van der Waals surface area contributed by atoms with Gasteiger partial charge in [-0.1, -0.05) is 36.4 Å². The molecule has 0 saturated heterocycles. The van der Waals surface area contributed by atoms with Crippen LogP contribution in [0, 0.1) is 0 Å². The van der Waals surface area contributed by atoms with E-state index in [1.807, 2.05) is 54.6 Å². The van der Waals surface area contributed by atoms with Gasteiger partial charge in [-0.15, -0.1) is 0 Å². The van der Waals surface area contributed by atoms with Crippen LogP contribution in [-0.2, 0) is 0 Å². The molecule has 2 aromatic carbocycles. The number of hydrogen-bond donors (Lipinski definition) is 1. The van der Waals surface area contributed by atoms with Crippen molar-refractivity contribution in [3.63, 3.8) is 0 Å². The quantitative estimate of drug-likeness (QED) is 0.790. The summed E-state index contributed by atoms with van der Waals surface area (Å²) in [5, 5.41) is 12.6. The first-order valence-electron chi connectivity index (χ1n) is 6.45. The van der Waals surface area contributed by atoms with Crippen molar-refractivity contribution in [2.24, 2.45) is 0 Å². The Labute approximate surface area is 117 Å². The molecule has 1 heterocycles. The summed E-state index contributed by atoms with van der Waals surface area (Å²) < 4.78 is 5.13. The maximum absolute atomic E-state index is 10.6. The molecule has 3 nitrogen and oxygen atoms in total. The molecule has 3 heteroatoms. The summed E-state index contributed by atoms with van der Waals surface area (Å²) in [5.41, 5.74) is 1.47. The van der Waals surface area contributed by atoms with E-state index in [0.29, 0.717) is 5.69 Å². The molecule has 0 bridgehead atoms. The van der Waals surface area contributed by atoms with Crippen LogP contribution in [0.4, 0.5) is 0 Å². The zero-order chi connectivity index (χ0) is 13.9. The Balaban J connectivity index is 2.05. The summed E-state index contributed by atoms with van der Waals surface area (Å²) in [5.74, 6) is 0.770. The highest BCUT2D eigenvalue weighted by Gasteiger charge is 2.14. The van der Waals surface area contributed by atoms with Gasteiger partial charge < -0.3 is 9.84 Å². The Morgan fingerprint density at radius 2 is 1.75 bits per heavy atom. The van der Waals surface area contributed by atoms with E-state index in [2.05, 4.69) is 4.98 Å². The van der Waals surface area contributed by atoms with Crippen molar-refractivity contribution in [2.75, 3.05) is 7.11 Å². The van der Waals surface area contributed by atoms with E-state index in [-0.39, 0.29) is 0 Å². The fourth-order valence-electron chi connectivity index (χ4n) is 2.30. The Morgan fingerprint density at radius 1 is 1.00 bits per heavy atom. The molecule has 1 N–H and O–H groups in total. The Hall–Kier alpha value is -2.39. The number of methoxy groups -OCH3 is 1. The average Bonchev–Trinajstić information content (AvgIpc) is 2.54. The number of aliphatic hydroxyl groups excluding tert-OH is 1. The van der Waals surface area contributed by atoms with Gasteiger partial charge >= 0.3 is 0 Å². The van der Waals surface area contributed by atoms with Crippen LogP contribution in [0.2, 0.25) is 0 Å². The van der Waals surface area contributed by atoms with Gasteiger partial charge in [0.15, 0.2) is 0 Å². The molecular weight excluding hydrogens is 250 g/mol. The molecule has 0 saturated carbocycles. The molecule has 20 heavy (non-hydrogen) atoms. The zero-order valence-corrected chi connectivity index (χ0v) is 11.2. The lowest BCUT2D eigenvalue weighted by Crippen LogP contribution is -2.03. The van der Waals surface area contributed by atoms with E-state index in [0.717, 1.165) is 22.1 Å². The van der Waals surface area contributed by atoms with Gasteiger partial charge in [0.1, 0.15) is 11.9 Å². The second-order valence-corrected chi connectivity index (χ2v) is 4.59. The number of nitrogens with zero attached hydrogens (tertiary/aromatic N) is 1. The Morgan fingerprint density at radius 3 is 2.50 bits per heavy atom. The molecule has 0 radical (unpaired) electrons. The number of rotatable bonds is 3. The summed E-state index contributed by atoms with van der Waals surface area (Å²) in [6.07, 6.45) is 0.983. The molecule has 0 unspecified atom stereocenters. The Kier molecular flexibility index (Phi) is 3.35. The summed E-state index contributed by atoms with van der Waals surface area (Å²) in [4.78, 5) is 4.34. The largest absolute Gasteiger partial charge is 0.497 e. The van der Waals surface area contributed by atoms with Gasteiger partial charge in [-0.2, -0.15) is 0 Å². The average molecular weight is 265 g/mol. The van der Waals surface area contributed by atoms with Gasteiger partial charge in [0.2, 0.25) is 0 Å². The number of benzene rings is 2. The molecular formula is C17H15NO2. The molecule has 0 aliphatic heterocycles. The van der Waals surface area contributed by atoms with E-state index in [1.54, 1.807) is 13.3 Å². The second-order valence-electron chi connectivity index (χ2n) is 4.59. The maximum Gasteiger partial charge on any atom is 0.122 e. The third-order valence-electron chi connectivity index (χ3n) is 3.40. The zero-order valence-electron chi connectivity index (χ0n) is 11.2. The van der Waals surface area contributed by atoms with Crippen molar-refractivity contribution in [1.82, 2.24) is 4.98 Å². The van der Waals surface area contributed by atoms with Crippen molar-refractivity contribution in [2.45, 2.75) is 6.10 Å². The van der Waals surface area contributed by atoms with E-state index in [9.17, 15) is 5.11 Å². The third-order valence-corrected chi connectivity index (χ3v) is 3.40. The van der Waals surface area contributed by atoms with Gasteiger partial charge in [0, 0.05) is 11.6 Å². The molecule has 0 aliphatic rings. The minimum atomic E-state index is -0.744. The molecule has 0 fully saturated rings. The molecule has 0 amide bonds. The van der Waals surface area contributed by atoms with E-state index >= 15 is 0 Å². The maximum atomic E-state index is 10.6. The fraction of sp³-hybridized carbons (Fsp3) is 0.118. The lowest BCUT2D eigenvalue weighted by Gasteiger charge is -2.13. The van der Waals surface area contributed by atoms with Crippen LogP contribution in [0.15, 0.2) is 60.8 Å². The lowest BCUT2D eigenvalue weighted by molar-refractivity contribution is 0.217. The van der Waals surface area contributed by atoms with Crippen LogP contribution in [0.3, 0.4) is 0 Å². The number of hydrogen-bond acceptors (Lipinski definition) is 3. The molecule has 0 spiro atoms. The first-order chi connectivity index (χ1) is 9.79. The highest BCUT2D eigenvalue weighted by Crippen LogP contribution is 2.27. The fourth-order valence-corrected chi connectivity index (χ4v) is 2.30. The van der Waals surface area contributed by atoms with E-state index < -0.39 is 6.10 Å². The van der Waals surface area contributed by atoms with E-state index in [4.69, 9.17) is 4.74 Å². The minimum Gasteiger partial charge on any atom is -0.497 e. The number of pyridine rings is 1. The summed E-state index contributed by atoms with van der Waals surface area (Å²) in [6, 6.07) is 17.2. The van der Waals surface area contributed by atoms with Gasteiger partial charge in [0.25, 0.3) is 0 Å². The Bertz CT molecular complexity index is 717. The van der Waals surface area contributed by atoms with Gasteiger partial charge in [-0.05, 0) is 29.1 Å². The summed E-state index contributed by atoms with van der Waals surface area (Å²) in [7, 11) is 1.62. The number of aromatic nitrogens is 1. The van der Waals surface area contributed by atoms with Crippen LogP contribution in [0.25, 0.3) is 10.8 Å². The van der Waals surface area contributed by atoms with Gasteiger partial charge in [-0.3, -0.25) is 4.98 Å².